The van der Waals surface area contributed by atoms with Crippen LogP contribution in [0.2, 0.25) is 0 Å². The van der Waals surface area contributed by atoms with Gasteiger partial charge in [-0.3, -0.25) is 4.79 Å². The van der Waals surface area contributed by atoms with Crippen LogP contribution in [0.15, 0.2) is 42.0 Å². The molecule has 0 radical (unpaired) electrons. The average molecular weight is 334 g/mol. The number of carbonyl (C=O) groups is 1. The van der Waals surface area contributed by atoms with E-state index in [-0.39, 0.29) is 5.92 Å². The molecule has 2 heteroatoms. The highest BCUT2D eigenvalue weighted by molar-refractivity contribution is 5.78. The lowest BCUT2D eigenvalue weighted by Crippen LogP contribution is -2.48. The summed E-state index contributed by atoms with van der Waals surface area (Å²) in [5.41, 5.74) is 5.43. The smallest absolute Gasteiger partial charge is 0.310 e. The number of hydrogen-bond donors (Lipinski definition) is 1. The minimum Gasteiger partial charge on any atom is -0.481 e. The Hall–Kier alpha value is -1.83. The van der Waals surface area contributed by atoms with Crippen LogP contribution in [0, 0.1) is 23.2 Å². The molecule has 1 aromatic rings. The first-order valence-corrected chi connectivity index (χ1v) is 9.94. The molecule has 5 rings (SSSR count). The zero-order valence-electron chi connectivity index (χ0n) is 14.7. The van der Waals surface area contributed by atoms with E-state index in [9.17, 15) is 9.90 Å². The van der Waals surface area contributed by atoms with Gasteiger partial charge in [0, 0.05) is 0 Å². The molecule has 1 aromatic carbocycles. The predicted molar refractivity (Wildman–Crippen MR) is 99.1 cm³/mol. The topological polar surface area (TPSA) is 37.3 Å². The first-order chi connectivity index (χ1) is 12.2. The van der Waals surface area contributed by atoms with Crippen LogP contribution in [0.25, 0.3) is 5.57 Å². The van der Waals surface area contributed by atoms with E-state index < -0.39 is 11.4 Å². The zero-order valence-corrected chi connectivity index (χ0v) is 14.7. The maximum absolute atomic E-state index is 12.2. The van der Waals surface area contributed by atoms with E-state index in [2.05, 4.69) is 36.4 Å². The van der Waals surface area contributed by atoms with Crippen molar-refractivity contribution in [1.82, 2.24) is 0 Å². The highest BCUT2D eigenvalue weighted by Crippen LogP contribution is 2.59. The van der Waals surface area contributed by atoms with Gasteiger partial charge in [-0.1, -0.05) is 54.8 Å². The van der Waals surface area contributed by atoms with Crippen LogP contribution in [-0.4, -0.2) is 11.1 Å². The second kappa shape index (κ2) is 5.59. The van der Waals surface area contributed by atoms with Crippen molar-refractivity contribution in [2.75, 3.05) is 0 Å². The van der Waals surface area contributed by atoms with Crippen LogP contribution in [0.3, 0.4) is 0 Å². The third-order valence-corrected chi connectivity index (χ3v) is 7.58. The van der Waals surface area contributed by atoms with Crippen LogP contribution in [0.1, 0.15) is 56.1 Å². The van der Waals surface area contributed by atoms with Gasteiger partial charge in [0.1, 0.15) is 0 Å². The van der Waals surface area contributed by atoms with Gasteiger partial charge in [-0.25, -0.2) is 0 Å². The summed E-state index contributed by atoms with van der Waals surface area (Å²) in [5.74, 6) is 0.903. The van der Waals surface area contributed by atoms with Crippen LogP contribution < -0.4 is 0 Å². The standard InChI is InChI=1S/C23H26O2/c24-22(25)23-13-4-3-7-21(23)20-11-10-17-16-6-2-1-5-15(16)8-9-18(17)19(20)12-14-23/h1-2,5-6,10-11,18-19,21H,3-4,7-9,12-14H2,(H,24,25). The molecular weight excluding hydrogens is 308 g/mol. The van der Waals surface area contributed by atoms with Gasteiger partial charge in [-0.05, 0) is 73.0 Å². The van der Waals surface area contributed by atoms with Gasteiger partial charge < -0.3 is 5.11 Å². The molecule has 4 atom stereocenters. The first-order valence-electron chi connectivity index (χ1n) is 9.94. The number of fused-ring (bicyclic) bond motifs is 7. The zero-order chi connectivity index (χ0) is 17.0. The normalized spacial score (nSPS) is 36.1. The Morgan fingerprint density at radius 1 is 1.00 bits per heavy atom. The molecule has 0 amide bonds. The van der Waals surface area contributed by atoms with E-state index in [1.165, 1.54) is 35.1 Å². The fourth-order valence-electron chi connectivity index (χ4n) is 6.40. The number of aryl methyl sites for hydroxylation is 1. The lowest BCUT2D eigenvalue weighted by atomic mass is 9.51. The SMILES string of the molecule is O=C(O)C12CCCCC1C1=CC=C3c4ccccc4CCC3C1CC2. The Kier molecular flexibility index (Phi) is 3.45. The van der Waals surface area contributed by atoms with Crippen molar-refractivity contribution < 1.29 is 9.90 Å². The minimum absolute atomic E-state index is 0.271. The maximum atomic E-state index is 12.2. The molecule has 2 saturated carbocycles. The maximum Gasteiger partial charge on any atom is 0.310 e. The Labute approximate surface area is 149 Å². The minimum atomic E-state index is -0.541. The molecule has 2 fully saturated rings. The quantitative estimate of drug-likeness (QED) is 0.762. The summed E-state index contributed by atoms with van der Waals surface area (Å²) in [4.78, 5) is 12.2. The lowest BCUT2D eigenvalue weighted by Gasteiger charge is -2.52. The van der Waals surface area contributed by atoms with E-state index in [4.69, 9.17) is 0 Å². The molecule has 0 aliphatic heterocycles. The van der Waals surface area contributed by atoms with Gasteiger partial charge in [0.25, 0.3) is 0 Å². The monoisotopic (exact) mass is 334 g/mol. The summed E-state index contributed by atoms with van der Waals surface area (Å²) in [6.07, 6.45) is 13.2. The molecule has 0 aromatic heterocycles. The van der Waals surface area contributed by atoms with Crippen molar-refractivity contribution >= 4 is 11.5 Å². The molecule has 4 unspecified atom stereocenters. The molecule has 0 bridgehead atoms. The number of allylic oxidation sites excluding steroid dienone is 4. The number of aliphatic carboxylic acids is 1. The summed E-state index contributed by atoms with van der Waals surface area (Å²) >= 11 is 0. The number of benzene rings is 1. The molecular formula is C23H26O2. The first kappa shape index (κ1) is 15.4. The summed E-state index contributed by atoms with van der Waals surface area (Å²) < 4.78 is 0. The van der Waals surface area contributed by atoms with Crippen LogP contribution >= 0.6 is 0 Å². The summed E-state index contributed by atoms with van der Waals surface area (Å²) in [7, 11) is 0. The number of hydrogen-bond acceptors (Lipinski definition) is 1. The number of rotatable bonds is 1. The number of carboxylic acid groups (broad SMARTS) is 1. The van der Waals surface area contributed by atoms with E-state index >= 15 is 0 Å². The fraction of sp³-hybridized carbons (Fsp3) is 0.522. The second-order valence-corrected chi connectivity index (χ2v) is 8.50. The highest BCUT2D eigenvalue weighted by atomic mass is 16.4. The Bertz CT molecular complexity index is 787. The summed E-state index contributed by atoms with van der Waals surface area (Å²) in [6, 6.07) is 8.84. The van der Waals surface area contributed by atoms with Crippen LogP contribution in [0.4, 0.5) is 0 Å². The third kappa shape index (κ3) is 2.12. The van der Waals surface area contributed by atoms with Crippen molar-refractivity contribution in [3.05, 3.63) is 53.1 Å². The van der Waals surface area contributed by atoms with E-state index in [1.54, 1.807) is 0 Å². The van der Waals surface area contributed by atoms with Gasteiger partial charge in [0.2, 0.25) is 0 Å². The summed E-state index contributed by atoms with van der Waals surface area (Å²) in [6.45, 7) is 0. The Morgan fingerprint density at radius 3 is 2.76 bits per heavy atom. The molecule has 0 saturated heterocycles. The molecule has 130 valence electrons. The van der Waals surface area contributed by atoms with Gasteiger partial charge in [-0.2, -0.15) is 0 Å². The van der Waals surface area contributed by atoms with Crippen molar-refractivity contribution in [1.29, 1.82) is 0 Å². The van der Waals surface area contributed by atoms with E-state index in [0.717, 1.165) is 38.5 Å². The van der Waals surface area contributed by atoms with Crippen molar-refractivity contribution in [2.45, 2.75) is 51.4 Å². The second-order valence-electron chi connectivity index (χ2n) is 8.50. The van der Waals surface area contributed by atoms with E-state index in [1.807, 2.05) is 0 Å². The van der Waals surface area contributed by atoms with Crippen LogP contribution in [0.5, 0.6) is 0 Å². The Morgan fingerprint density at radius 2 is 1.88 bits per heavy atom. The third-order valence-electron chi connectivity index (χ3n) is 7.58. The molecule has 4 aliphatic carbocycles. The van der Waals surface area contributed by atoms with E-state index in [0.29, 0.717) is 11.8 Å². The van der Waals surface area contributed by atoms with Crippen molar-refractivity contribution in [3.63, 3.8) is 0 Å². The largest absolute Gasteiger partial charge is 0.481 e. The molecule has 25 heavy (non-hydrogen) atoms. The van der Waals surface area contributed by atoms with Crippen LogP contribution in [-0.2, 0) is 11.2 Å². The average Bonchev–Trinajstić information content (AvgIpc) is 2.66. The summed E-state index contributed by atoms with van der Waals surface area (Å²) in [5, 5.41) is 10.0. The highest BCUT2D eigenvalue weighted by Gasteiger charge is 2.54. The fourth-order valence-corrected chi connectivity index (χ4v) is 6.40. The van der Waals surface area contributed by atoms with Crippen molar-refractivity contribution in [2.24, 2.45) is 23.2 Å². The molecule has 2 nitrogen and oxygen atoms in total. The molecule has 0 heterocycles. The van der Waals surface area contributed by atoms with Gasteiger partial charge in [0.15, 0.2) is 0 Å². The van der Waals surface area contributed by atoms with Gasteiger partial charge in [0.05, 0.1) is 5.41 Å². The van der Waals surface area contributed by atoms with Gasteiger partial charge >= 0.3 is 5.97 Å². The van der Waals surface area contributed by atoms with Gasteiger partial charge in [-0.15, -0.1) is 0 Å². The number of carboxylic acids is 1. The molecule has 0 spiro atoms. The predicted octanol–water partition coefficient (Wildman–Crippen LogP) is 5.24. The molecule has 1 N–H and O–H groups in total. The Balaban J connectivity index is 1.59. The molecule has 4 aliphatic rings. The van der Waals surface area contributed by atoms with Crippen molar-refractivity contribution in [3.8, 4) is 0 Å². The lowest BCUT2D eigenvalue weighted by molar-refractivity contribution is -0.156.